The highest BCUT2D eigenvalue weighted by molar-refractivity contribution is 5.91. The van der Waals surface area contributed by atoms with Crippen molar-refractivity contribution >= 4 is 22.5 Å². The Bertz CT molecular complexity index is 691. The van der Waals surface area contributed by atoms with Gasteiger partial charge in [0.25, 0.3) is 5.78 Å². The number of anilines is 1. The van der Waals surface area contributed by atoms with E-state index in [1.165, 1.54) is 12.1 Å². The zero-order valence-corrected chi connectivity index (χ0v) is 9.18. The van der Waals surface area contributed by atoms with Crippen LogP contribution in [0.2, 0.25) is 0 Å². The van der Waals surface area contributed by atoms with Gasteiger partial charge in [0.15, 0.2) is 0 Å². The van der Waals surface area contributed by atoms with Crippen molar-refractivity contribution in [1.29, 1.82) is 0 Å². The van der Waals surface area contributed by atoms with Gasteiger partial charge < -0.3 is 5.32 Å². The van der Waals surface area contributed by atoms with Crippen molar-refractivity contribution in [3.8, 4) is 0 Å². The minimum Gasteiger partial charge on any atom is -0.370 e. The molecule has 3 aromatic rings. The molecule has 0 aliphatic heterocycles. The average Bonchev–Trinajstić information content (AvgIpc) is 2.77. The highest BCUT2D eigenvalue weighted by Crippen LogP contribution is 2.23. The summed E-state index contributed by atoms with van der Waals surface area (Å²) >= 11 is 0. The van der Waals surface area contributed by atoms with Crippen LogP contribution in [0.25, 0.3) is 16.7 Å². The average molecular weight is 231 g/mol. The number of halogens is 1. The van der Waals surface area contributed by atoms with Crippen LogP contribution in [0.5, 0.6) is 0 Å². The molecule has 0 fully saturated rings. The van der Waals surface area contributed by atoms with Gasteiger partial charge >= 0.3 is 0 Å². The summed E-state index contributed by atoms with van der Waals surface area (Å²) < 4.78 is 15.0. The van der Waals surface area contributed by atoms with Crippen molar-refractivity contribution in [2.75, 3.05) is 11.9 Å². The van der Waals surface area contributed by atoms with E-state index in [4.69, 9.17) is 0 Å². The normalized spacial score (nSPS) is 11.2. The van der Waals surface area contributed by atoms with Crippen LogP contribution in [-0.4, -0.2) is 26.1 Å². The Balaban J connectivity index is 2.44. The van der Waals surface area contributed by atoms with E-state index in [9.17, 15) is 4.39 Å². The summed E-state index contributed by atoms with van der Waals surface area (Å²) in [4.78, 5) is 4.31. The SMILES string of the molecule is CCNc1nc2nncn2c2ccc(F)cc12. The molecule has 1 aromatic carbocycles. The number of nitrogens with one attached hydrogen (secondary N) is 1. The van der Waals surface area contributed by atoms with Gasteiger partial charge in [0.1, 0.15) is 18.0 Å². The molecular weight excluding hydrogens is 221 g/mol. The molecule has 17 heavy (non-hydrogen) atoms. The van der Waals surface area contributed by atoms with Gasteiger partial charge in [-0.1, -0.05) is 0 Å². The predicted octanol–water partition coefficient (Wildman–Crippen LogP) is 1.85. The van der Waals surface area contributed by atoms with Crippen LogP contribution in [0, 0.1) is 5.82 Å². The second kappa shape index (κ2) is 3.65. The number of hydrogen-bond acceptors (Lipinski definition) is 4. The molecule has 2 aromatic heterocycles. The first kappa shape index (κ1) is 9.95. The molecule has 0 amide bonds. The Hall–Kier alpha value is -2.24. The number of fused-ring (bicyclic) bond motifs is 3. The van der Waals surface area contributed by atoms with Gasteiger partial charge in [0.2, 0.25) is 0 Å². The summed E-state index contributed by atoms with van der Waals surface area (Å²) in [5.74, 6) is 0.841. The Kier molecular flexibility index (Phi) is 2.14. The van der Waals surface area contributed by atoms with Gasteiger partial charge in [0.05, 0.1) is 5.52 Å². The summed E-state index contributed by atoms with van der Waals surface area (Å²) in [6.45, 7) is 2.67. The Morgan fingerprint density at radius 1 is 1.41 bits per heavy atom. The first-order valence-electron chi connectivity index (χ1n) is 5.32. The number of rotatable bonds is 2. The standard InChI is InChI=1S/C11H10FN5/c1-2-13-10-8-5-7(12)3-4-9(8)17-6-14-16-11(17)15-10/h3-6H,2H2,1H3,(H,13,15,16). The quantitative estimate of drug-likeness (QED) is 0.731. The molecule has 0 unspecified atom stereocenters. The van der Waals surface area contributed by atoms with Crippen LogP contribution in [-0.2, 0) is 0 Å². The third-order valence-corrected chi connectivity index (χ3v) is 2.56. The molecule has 0 atom stereocenters. The van der Waals surface area contributed by atoms with E-state index in [1.807, 2.05) is 6.92 Å². The van der Waals surface area contributed by atoms with Crippen LogP contribution in [0.1, 0.15) is 6.92 Å². The van der Waals surface area contributed by atoms with E-state index < -0.39 is 0 Å². The van der Waals surface area contributed by atoms with Crippen LogP contribution in [0.15, 0.2) is 24.5 Å². The molecule has 0 saturated heterocycles. The second-order valence-corrected chi connectivity index (χ2v) is 3.65. The molecular formula is C11H10FN5. The zero-order valence-electron chi connectivity index (χ0n) is 9.18. The van der Waals surface area contributed by atoms with Crippen molar-refractivity contribution in [2.24, 2.45) is 0 Å². The number of benzene rings is 1. The molecule has 0 aliphatic rings. The summed E-state index contributed by atoms with van der Waals surface area (Å²) in [6.07, 6.45) is 1.57. The second-order valence-electron chi connectivity index (χ2n) is 3.65. The van der Waals surface area contributed by atoms with Crippen molar-refractivity contribution in [3.05, 3.63) is 30.3 Å². The molecule has 0 radical (unpaired) electrons. The summed E-state index contributed by atoms with van der Waals surface area (Å²) in [6, 6.07) is 4.57. The highest BCUT2D eigenvalue weighted by Gasteiger charge is 2.09. The topological polar surface area (TPSA) is 55.1 Å². The molecule has 2 heterocycles. The lowest BCUT2D eigenvalue weighted by Gasteiger charge is -2.08. The number of hydrogen-bond donors (Lipinski definition) is 1. The van der Waals surface area contributed by atoms with Crippen molar-refractivity contribution in [1.82, 2.24) is 19.6 Å². The van der Waals surface area contributed by atoms with E-state index in [0.717, 1.165) is 10.9 Å². The van der Waals surface area contributed by atoms with E-state index in [-0.39, 0.29) is 5.82 Å². The highest BCUT2D eigenvalue weighted by atomic mass is 19.1. The molecule has 0 bridgehead atoms. The van der Waals surface area contributed by atoms with Crippen molar-refractivity contribution in [2.45, 2.75) is 6.92 Å². The summed E-state index contributed by atoms with van der Waals surface area (Å²) in [7, 11) is 0. The maximum atomic E-state index is 13.3. The number of aromatic nitrogens is 4. The molecule has 0 spiro atoms. The fourth-order valence-corrected chi connectivity index (χ4v) is 1.85. The molecule has 6 heteroatoms. The van der Waals surface area contributed by atoms with Gasteiger partial charge in [-0.25, -0.2) is 4.39 Å². The van der Waals surface area contributed by atoms with E-state index in [0.29, 0.717) is 18.1 Å². The lowest BCUT2D eigenvalue weighted by molar-refractivity contribution is 0.629. The molecule has 86 valence electrons. The lowest BCUT2D eigenvalue weighted by atomic mass is 10.2. The fourth-order valence-electron chi connectivity index (χ4n) is 1.85. The van der Waals surface area contributed by atoms with Crippen molar-refractivity contribution in [3.63, 3.8) is 0 Å². The van der Waals surface area contributed by atoms with E-state index >= 15 is 0 Å². The third kappa shape index (κ3) is 1.49. The zero-order chi connectivity index (χ0) is 11.8. The monoisotopic (exact) mass is 231 g/mol. The lowest BCUT2D eigenvalue weighted by Crippen LogP contribution is -2.03. The minimum absolute atomic E-state index is 0.286. The van der Waals surface area contributed by atoms with Crippen molar-refractivity contribution < 1.29 is 4.39 Å². The molecule has 0 aliphatic carbocycles. The maximum absolute atomic E-state index is 13.3. The third-order valence-electron chi connectivity index (χ3n) is 2.56. The van der Waals surface area contributed by atoms with Crippen LogP contribution in [0.3, 0.4) is 0 Å². The smallest absolute Gasteiger partial charge is 0.257 e. The first-order chi connectivity index (χ1) is 8.29. The van der Waals surface area contributed by atoms with Crippen LogP contribution < -0.4 is 5.32 Å². The Morgan fingerprint density at radius 2 is 2.29 bits per heavy atom. The number of nitrogens with zero attached hydrogens (tertiary/aromatic N) is 4. The van der Waals surface area contributed by atoms with Gasteiger partial charge in [-0.2, -0.15) is 4.98 Å². The molecule has 0 saturated carbocycles. The van der Waals surface area contributed by atoms with Gasteiger partial charge in [-0.3, -0.25) is 4.40 Å². The molecule has 5 nitrogen and oxygen atoms in total. The molecule has 3 rings (SSSR count). The van der Waals surface area contributed by atoms with Crippen LogP contribution in [0.4, 0.5) is 10.2 Å². The first-order valence-corrected chi connectivity index (χ1v) is 5.32. The maximum Gasteiger partial charge on any atom is 0.257 e. The van der Waals surface area contributed by atoms with Crippen LogP contribution >= 0.6 is 0 Å². The Labute approximate surface area is 96.3 Å². The van der Waals surface area contributed by atoms with E-state index in [1.54, 1.807) is 16.8 Å². The van der Waals surface area contributed by atoms with Gasteiger partial charge in [-0.05, 0) is 25.1 Å². The van der Waals surface area contributed by atoms with Gasteiger partial charge in [-0.15, -0.1) is 10.2 Å². The Morgan fingerprint density at radius 3 is 3.12 bits per heavy atom. The van der Waals surface area contributed by atoms with Gasteiger partial charge in [0, 0.05) is 11.9 Å². The fraction of sp³-hybridized carbons (Fsp3) is 0.182. The van der Waals surface area contributed by atoms with E-state index in [2.05, 4.69) is 20.5 Å². The predicted molar refractivity (Wildman–Crippen MR) is 62.4 cm³/mol. The summed E-state index contributed by atoms with van der Waals surface area (Å²) in [5, 5.41) is 11.5. The molecule has 1 N–H and O–H groups in total. The summed E-state index contributed by atoms with van der Waals surface area (Å²) in [5.41, 5.74) is 0.831. The minimum atomic E-state index is -0.286. The largest absolute Gasteiger partial charge is 0.370 e.